The summed E-state index contributed by atoms with van der Waals surface area (Å²) in [5, 5.41) is 3.12. The standard InChI is InChI=1S/C20H22Cl3N3O4S/c1-13(20(28)24-2)25(11-14-6-4-7-15(21)10-14)18(27)12-26(31(3,29)30)17-9-5-8-16(22)19(17)23/h4-10,13H,11-12H2,1-3H3,(H,24,28). The number of carbonyl (C=O) groups is 2. The van der Waals surface area contributed by atoms with Crippen LogP contribution >= 0.6 is 34.8 Å². The van der Waals surface area contributed by atoms with Gasteiger partial charge in [0.15, 0.2) is 0 Å². The summed E-state index contributed by atoms with van der Waals surface area (Å²) in [6.07, 6.45) is 0.959. The predicted molar refractivity (Wildman–Crippen MR) is 124 cm³/mol. The SMILES string of the molecule is CNC(=O)C(C)N(Cc1cccc(Cl)c1)C(=O)CN(c1cccc(Cl)c1Cl)S(C)(=O)=O. The lowest BCUT2D eigenvalue weighted by Crippen LogP contribution is -2.50. The average molecular weight is 507 g/mol. The highest BCUT2D eigenvalue weighted by Gasteiger charge is 2.30. The van der Waals surface area contributed by atoms with Gasteiger partial charge >= 0.3 is 0 Å². The molecule has 0 aliphatic rings. The Bertz CT molecular complexity index is 1080. The molecule has 0 bridgehead atoms. The molecule has 1 unspecified atom stereocenters. The fourth-order valence-electron chi connectivity index (χ4n) is 2.90. The Morgan fingerprint density at radius 2 is 1.74 bits per heavy atom. The fourth-order valence-corrected chi connectivity index (χ4v) is 4.42. The molecule has 2 rings (SSSR count). The van der Waals surface area contributed by atoms with Crippen molar-refractivity contribution in [2.24, 2.45) is 0 Å². The molecule has 0 spiro atoms. The van der Waals surface area contributed by atoms with Gasteiger partial charge in [-0.3, -0.25) is 13.9 Å². The normalized spacial score (nSPS) is 12.2. The fraction of sp³-hybridized carbons (Fsp3) is 0.300. The summed E-state index contributed by atoms with van der Waals surface area (Å²) >= 11 is 18.3. The number of hydrogen-bond acceptors (Lipinski definition) is 4. The number of halogens is 3. The molecule has 0 fully saturated rings. The highest BCUT2D eigenvalue weighted by molar-refractivity contribution is 7.92. The van der Waals surface area contributed by atoms with Crippen LogP contribution in [0.5, 0.6) is 0 Å². The maximum Gasteiger partial charge on any atom is 0.244 e. The third-order valence-corrected chi connectivity index (χ3v) is 6.71. The van der Waals surface area contributed by atoms with Gasteiger partial charge in [0.2, 0.25) is 21.8 Å². The van der Waals surface area contributed by atoms with Crippen molar-refractivity contribution < 1.29 is 18.0 Å². The summed E-state index contributed by atoms with van der Waals surface area (Å²) in [4.78, 5) is 26.8. The molecule has 7 nitrogen and oxygen atoms in total. The summed E-state index contributed by atoms with van der Waals surface area (Å²) in [6, 6.07) is 10.5. The van der Waals surface area contributed by atoms with Gasteiger partial charge in [0, 0.05) is 18.6 Å². The molecule has 0 aromatic heterocycles. The zero-order valence-electron chi connectivity index (χ0n) is 17.1. The van der Waals surface area contributed by atoms with E-state index < -0.39 is 34.4 Å². The van der Waals surface area contributed by atoms with Gasteiger partial charge in [-0.2, -0.15) is 0 Å². The molecular weight excluding hydrogens is 485 g/mol. The van der Waals surface area contributed by atoms with E-state index >= 15 is 0 Å². The van der Waals surface area contributed by atoms with E-state index in [1.165, 1.54) is 30.1 Å². The zero-order valence-corrected chi connectivity index (χ0v) is 20.2. The van der Waals surface area contributed by atoms with Gasteiger partial charge in [-0.1, -0.05) is 53.0 Å². The van der Waals surface area contributed by atoms with Crippen molar-refractivity contribution in [3.05, 3.63) is 63.1 Å². The molecule has 2 amide bonds. The van der Waals surface area contributed by atoms with Crippen LogP contribution in [0.15, 0.2) is 42.5 Å². The topological polar surface area (TPSA) is 86.8 Å². The monoisotopic (exact) mass is 505 g/mol. The zero-order chi connectivity index (χ0) is 23.3. The van der Waals surface area contributed by atoms with Gasteiger partial charge in [0.05, 0.1) is 22.0 Å². The third kappa shape index (κ3) is 6.49. The maximum absolute atomic E-state index is 13.3. The quantitative estimate of drug-likeness (QED) is 0.593. The van der Waals surface area contributed by atoms with Gasteiger partial charge in [-0.05, 0) is 36.8 Å². The molecule has 0 heterocycles. The molecule has 1 atom stereocenters. The van der Waals surface area contributed by atoms with E-state index in [2.05, 4.69) is 5.32 Å². The summed E-state index contributed by atoms with van der Waals surface area (Å²) in [5.41, 5.74) is 0.753. The average Bonchev–Trinajstić information content (AvgIpc) is 2.70. The van der Waals surface area contributed by atoms with Gasteiger partial charge in [-0.15, -0.1) is 0 Å². The van der Waals surface area contributed by atoms with Crippen molar-refractivity contribution in [3.63, 3.8) is 0 Å². The number of likely N-dealkylation sites (N-methyl/N-ethyl adjacent to an activating group) is 1. The molecular formula is C20H22Cl3N3O4S. The minimum atomic E-state index is -3.90. The van der Waals surface area contributed by atoms with Crippen molar-refractivity contribution >= 4 is 62.3 Å². The van der Waals surface area contributed by atoms with Crippen LogP contribution in [0.4, 0.5) is 5.69 Å². The largest absolute Gasteiger partial charge is 0.357 e. The number of sulfonamides is 1. The first-order chi connectivity index (χ1) is 14.5. The van der Waals surface area contributed by atoms with Crippen LogP contribution in [0.3, 0.4) is 0 Å². The van der Waals surface area contributed by atoms with Crippen LogP contribution in [-0.4, -0.2) is 51.0 Å². The summed E-state index contributed by atoms with van der Waals surface area (Å²) in [6.45, 7) is 1.04. The van der Waals surface area contributed by atoms with Crippen LogP contribution in [-0.2, 0) is 26.2 Å². The lowest BCUT2D eigenvalue weighted by Gasteiger charge is -2.31. The number of nitrogens with one attached hydrogen (secondary N) is 1. The first kappa shape index (κ1) is 25.3. The maximum atomic E-state index is 13.3. The lowest BCUT2D eigenvalue weighted by molar-refractivity contribution is -0.139. The van der Waals surface area contributed by atoms with Crippen LogP contribution in [0.1, 0.15) is 12.5 Å². The lowest BCUT2D eigenvalue weighted by atomic mass is 10.1. The second-order valence-electron chi connectivity index (χ2n) is 6.78. The highest BCUT2D eigenvalue weighted by Crippen LogP contribution is 2.33. The van der Waals surface area contributed by atoms with Crippen LogP contribution in [0, 0.1) is 0 Å². The second-order valence-corrected chi connectivity index (χ2v) is 9.91. The molecule has 2 aromatic carbocycles. The van der Waals surface area contributed by atoms with Crippen LogP contribution in [0.2, 0.25) is 15.1 Å². The van der Waals surface area contributed by atoms with E-state index in [1.807, 2.05) is 0 Å². The molecule has 31 heavy (non-hydrogen) atoms. The Hall–Kier alpha value is -2.00. The molecule has 0 saturated carbocycles. The first-order valence-corrected chi connectivity index (χ1v) is 12.1. The van der Waals surface area contributed by atoms with Crippen molar-refractivity contribution in [2.75, 3.05) is 24.2 Å². The van der Waals surface area contributed by atoms with Crippen molar-refractivity contribution in [1.82, 2.24) is 10.2 Å². The van der Waals surface area contributed by atoms with Gasteiger partial charge in [0.1, 0.15) is 12.6 Å². The molecule has 11 heteroatoms. The number of hydrogen-bond donors (Lipinski definition) is 1. The Balaban J connectivity index is 2.43. The van der Waals surface area contributed by atoms with Crippen molar-refractivity contribution in [2.45, 2.75) is 19.5 Å². The molecule has 0 aliphatic heterocycles. The minimum Gasteiger partial charge on any atom is -0.357 e. The number of rotatable bonds is 8. The summed E-state index contributed by atoms with van der Waals surface area (Å²) in [7, 11) is -2.44. The molecule has 2 aromatic rings. The van der Waals surface area contributed by atoms with Gasteiger partial charge in [0.25, 0.3) is 0 Å². The van der Waals surface area contributed by atoms with Crippen LogP contribution in [0.25, 0.3) is 0 Å². The predicted octanol–water partition coefficient (Wildman–Crippen LogP) is 3.58. The number of benzene rings is 2. The molecule has 0 radical (unpaired) electrons. The third-order valence-electron chi connectivity index (χ3n) is 4.53. The van der Waals surface area contributed by atoms with Crippen molar-refractivity contribution in [1.29, 1.82) is 0 Å². The molecule has 0 saturated heterocycles. The number of amides is 2. The minimum absolute atomic E-state index is 0.00290. The first-order valence-electron chi connectivity index (χ1n) is 9.13. The van der Waals surface area contributed by atoms with Crippen LogP contribution < -0.4 is 9.62 Å². The van der Waals surface area contributed by atoms with E-state index in [9.17, 15) is 18.0 Å². The molecule has 168 valence electrons. The van der Waals surface area contributed by atoms with Crippen molar-refractivity contribution in [3.8, 4) is 0 Å². The van der Waals surface area contributed by atoms with E-state index in [-0.39, 0.29) is 22.3 Å². The van der Waals surface area contributed by atoms with E-state index in [0.29, 0.717) is 10.6 Å². The van der Waals surface area contributed by atoms with Gasteiger partial charge < -0.3 is 10.2 Å². The Morgan fingerprint density at radius 3 is 2.32 bits per heavy atom. The Morgan fingerprint density at radius 1 is 1.10 bits per heavy atom. The number of anilines is 1. The Labute approximate surface area is 196 Å². The smallest absolute Gasteiger partial charge is 0.244 e. The number of nitrogens with zero attached hydrogens (tertiary/aromatic N) is 2. The second kappa shape index (κ2) is 10.5. The van der Waals surface area contributed by atoms with Gasteiger partial charge in [-0.25, -0.2) is 8.42 Å². The summed E-state index contributed by atoms with van der Waals surface area (Å²) in [5.74, 6) is -1.00. The van der Waals surface area contributed by atoms with E-state index in [4.69, 9.17) is 34.8 Å². The Kier molecular flexibility index (Phi) is 8.59. The summed E-state index contributed by atoms with van der Waals surface area (Å²) < 4.78 is 25.8. The number of carbonyl (C=O) groups excluding carboxylic acids is 2. The molecule has 0 aliphatic carbocycles. The van der Waals surface area contributed by atoms with E-state index in [0.717, 1.165) is 10.6 Å². The highest BCUT2D eigenvalue weighted by atomic mass is 35.5. The molecule has 1 N–H and O–H groups in total. The van der Waals surface area contributed by atoms with E-state index in [1.54, 1.807) is 31.2 Å².